The van der Waals surface area contributed by atoms with Crippen molar-refractivity contribution in [1.82, 2.24) is 9.80 Å². The second-order valence-corrected chi connectivity index (χ2v) is 22.8. The number of benzene rings is 2. The number of para-hydroxylation sites is 1. The third kappa shape index (κ3) is 12.0. The number of hydrogen-bond donors (Lipinski definition) is 0. The number of amidine groups is 1. The summed E-state index contributed by atoms with van der Waals surface area (Å²) in [7, 11) is 0. The van der Waals surface area contributed by atoms with Crippen molar-refractivity contribution in [1.29, 1.82) is 0 Å². The van der Waals surface area contributed by atoms with Crippen molar-refractivity contribution in [3.8, 4) is 5.75 Å². The molecular weight excluding hydrogens is 953 g/mol. The van der Waals surface area contributed by atoms with Crippen LogP contribution in [0.1, 0.15) is 148 Å². The molecule has 9 aliphatic carbocycles. The van der Waals surface area contributed by atoms with E-state index in [0.29, 0.717) is 12.1 Å². The number of rotatable bonds is 16. The summed E-state index contributed by atoms with van der Waals surface area (Å²) in [6.07, 6.45) is 78.9. The molecule has 2 aromatic rings. The maximum absolute atomic E-state index is 7.01. The van der Waals surface area contributed by atoms with Gasteiger partial charge in [-0.3, -0.25) is 0 Å². The number of hydrogen-bond acceptors (Lipinski definition) is 7. The number of nitrogens with zero attached hydrogens (tertiary/aromatic N) is 6. The van der Waals surface area contributed by atoms with Crippen molar-refractivity contribution >= 4 is 22.9 Å². The Morgan fingerprint density at radius 3 is 2.08 bits per heavy atom. The molecule has 0 spiro atoms. The first-order valence-corrected chi connectivity index (χ1v) is 30.3. The van der Waals surface area contributed by atoms with Crippen LogP contribution in [0.3, 0.4) is 0 Å². The lowest BCUT2D eigenvalue weighted by Gasteiger charge is -2.47. The standard InChI is InChI=1S/C71H82N6O/c1-10-29-55(30-11-1)73(56-31-12-2-13-32-56)63-49-64(74(57-33-14-3-15-34-57)58-35-16-4-17-36-58)51-65(50-63)76(61-41-22-7-23-42-61)70-47-28-48-71(72-70)77(62-43-24-8-25-44-62)67-52-66(53-69(54-67)78-68-45-26-9-27-46-68)75(59-37-18-5-19-38-59)60-39-20-6-21-40-60/h1,3,5,7-12,14-16,18,22,24,26,29-33,35,37,39,43,45,49,51-54,57-58,61,65,71H,2,4,6,13,17,19-21,23,25,27-28,34,36,38,40-42,44,46-48,50H2. The van der Waals surface area contributed by atoms with Gasteiger partial charge in [0.1, 0.15) is 23.5 Å². The van der Waals surface area contributed by atoms with Gasteiger partial charge in [0.15, 0.2) is 0 Å². The Labute approximate surface area is 466 Å². The van der Waals surface area contributed by atoms with Crippen LogP contribution < -0.4 is 19.4 Å². The van der Waals surface area contributed by atoms with E-state index >= 15 is 0 Å². The molecule has 5 unspecified atom stereocenters. The number of ether oxygens (including phenoxy) is 1. The summed E-state index contributed by atoms with van der Waals surface area (Å²) < 4.78 is 7.01. The maximum atomic E-state index is 7.01. The minimum Gasteiger partial charge on any atom is -0.462 e. The Balaban J connectivity index is 0.996. The number of anilines is 3. The first-order valence-electron chi connectivity index (χ1n) is 30.3. The fraction of sp³-hybridized carbons (Fsp3) is 0.394. The average molecular weight is 1040 g/mol. The smallest absolute Gasteiger partial charge is 0.131 e. The molecule has 7 heteroatoms. The Morgan fingerprint density at radius 1 is 0.487 bits per heavy atom. The molecule has 0 amide bonds. The van der Waals surface area contributed by atoms with Gasteiger partial charge in [-0.2, -0.15) is 0 Å². The van der Waals surface area contributed by atoms with Crippen molar-refractivity contribution in [3.05, 3.63) is 228 Å². The summed E-state index contributed by atoms with van der Waals surface area (Å²) >= 11 is 0. The highest BCUT2D eigenvalue weighted by molar-refractivity contribution is 5.85. The van der Waals surface area contributed by atoms with E-state index in [4.69, 9.17) is 9.73 Å². The molecule has 1 aliphatic heterocycles. The molecule has 7 nitrogen and oxygen atoms in total. The molecule has 12 rings (SSSR count). The molecule has 78 heavy (non-hydrogen) atoms. The molecular formula is C71H82N6O. The third-order valence-electron chi connectivity index (χ3n) is 17.4. The highest BCUT2D eigenvalue weighted by Crippen LogP contribution is 2.44. The molecule has 0 fully saturated rings. The van der Waals surface area contributed by atoms with Crippen LogP contribution in [0.4, 0.5) is 17.1 Å². The molecule has 0 saturated carbocycles. The SMILES string of the molecule is C1=CCCC(Oc2cc(N(C3=CC=CCC3)C3=CCCCC3)cc(N(C3=CC=CCC3)C3CCCC(N(C4C=C(N(C5C=CC=CC5)C5C=CCCC5)C=C(N(C5=CCCC=C5)c5ccccc5)C4)C4CC=CCC4)=N3)c2)=C1. The van der Waals surface area contributed by atoms with E-state index in [-0.39, 0.29) is 18.2 Å². The minimum absolute atomic E-state index is 0.0873. The van der Waals surface area contributed by atoms with Gasteiger partial charge in [0.2, 0.25) is 0 Å². The fourth-order valence-corrected chi connectivity index (χ4v) is 13.7. The molecule has 0 N–H and O–H groups in total. The average Bonchev–Trinajstić information content (AvgIpc) is 3.55. The summed E-state index contributed by atoms with van der Waals surface area (Å²) in [5.74, 6) is 3.18. The zero-order valence-corrected chi connectivity index (χ0v) is 46.1. The second-order valence-electron chi connectivity index (χ2n) is 22.8. The number of allylic oxidation sites excluding steroid dienone is 22. The molecule has 1 heterocycles. The van der Waals surface area contributed by atoms with Crippen LogP contribution in [0.2, 0.25) is 0 Å². The quantitative estimate of drug-likeness (QED) is 0.156. The van der Waals surface area contributed by atoms with Gasteiger partial charge < -0.3 is 29.2 Å². The van der Waals surface area contributed by atoms with Crippen molar-refractivity contribution < 1.29 is 4.74 Å². The van der Waals surface area contributed by atoms with Gasteiger partial charge in [-0.05, 0) is 183 Å². The van der Waals surface area contributed by atoms with E-state index in [1.54, 1.807) is 0 Å². The summed E-state index contributed by atoms with van der Waals surface area (Å²) in [5.41, 5.74) is 11.6. The topological polar surface area (TPSA) is 37.8 Å². The van der Waals surface area contributed by atoms with Gasteiger partial charge in [0.05, 0.1) is 17.8 Å². The predicted molar refractivity (Wildman–Crippen MR) is 327 cm³/mol. The minimum atomic E-state index is -0.0873. The van der Waals surface area contributed by atoms with Crippen LogP contribution in [0.5, 0.6) is 5.75 Å². The van der Waals surface area contributed by atoms with Crippen LogP contribution in [0.25, 0.3) is 0 Å². The van der Waals surface area contributed by atoms with Gasteiger partial charge in [-0.1, -0.05) is 121 Å². The van der Waals surface area contributed by atoms with Crippen LogP contribution in [0, 0.1) is 0 Å². The van der Waals surface area contributed by atoms with E-state index in [1.807, 2.05) is 0 Å². The molecule has 0 saturated heterocycles. The van der Waals surface area contributed by atoms with Crippen molar-refractivity contribution in [2.45, 2.75) is 178 Å². The number of aliphatic imine (C=N–C) groups is 1. The Hall–Kier alpha value is -6.99. The second kappa shape index (κ2) is 25.2. The zero-order valence-electron chi connectivity index (χ0n) is 46.1. The summed E-state index contributed by atoms with van der Waals surface area (Å²) in [6.45, 7) is 0. The van der Waals surface area contributed by atoms with Crippen molar-refractivity contribution in [2.24, 2.45) is 4.99 Å². The van der Waals surface area contributed by atoms with Gasteiger partial charge in [0, 0.05) is 89.0 Å². The van der Waals surface area contributed by atoms with Gasteiger partial charge >= 0.3 is 0 Å². The highest BCUT2D eigenvalue weighted by Gasteiger charge is 2.38. The predicted octanol–water partition coefficient (Wildman–Crippen LogP) is 17.7. The summed E-state index contributed by atoms with van der Waals surface area (Å²) in [4.78, 5) is 19.7. The highest BCUT2D eigenvalue weighted by atomic mass is 16.5. The van der Waals surface area contributed by atoms with E-state index in [1.165, 1.54) is 70.7 Å². The molecule has 402 valence electrons. The largest absolute Gasteiger partial charge is 0.462 e. The van der Waals surface area contributed by atoms with Gasteiger partial charge in [-0.25, -0.2) is 4.99 Å². The van der Waals surface area contributed by atoms with Crippen LogP contribution in [-0.2, 0) is 0 Å². The fourth-order valence-electron chi connectivity index (χ4n) is 13.7. The van der Waals surface area contributed by atoms with E-state index in [0.717, 1.165) is 146 Å². The molecule has 10 aliphatic rings. The molecule has 2 aromatic carbocycles. The lowest BCUT2D eigenvalue weighted by molar-refractivity contribution is 0.214. The van der Waals surface area contributed by atoms with Crippen molar-refractivity contribution in [3.63, 3.8) is 0 Å². The molecule has 5 atom stereocenters. The van der Waals surface area contributed by atoms with Crippen molar-refractivity contribution in [2.75, 3.05) is 14.7 Å². The summed E-state index contributed by atoms with van der Waals surface area (Å²) in [5, 5.41) is 0. The van der Waals surface area contributed by atoms with E-state index < -0.39 is 0 Å². The van der Waals surface area contributed by atoms with Crippen LogP contribution in [0.15, 0.2) is 233 Å². The normalized spacial score (nSPS) is 25.6. The first kappa shape index (κ1) is 51.7. The zero-order chi connectivity index (χ0) is 52.3. The maximum Gasteiger partial charge on any atom is 0.131 e. The summed E-state index contributed by atoms with van der Waals surface area (Å²) in [6, 6.07) is 19.3. The first-order chi connectivity index (χ1) is 38.7. The lowest BCUT2D eigenvalue weighted by Crippen LogP contribution is -2.51. The lowest BCUT2D eigenvalue weighted by atomic mass is 9.90. The third-order valence-corrected chi connectivity index (χ3v) is 17.4. The Kier molecular flexibility index (Phi) is 16.7. The van der Waals surface area contributed by atoms with Crippen LogP contribution >= 0.6 is 0 Å². The molecule has 0 aromatic heterocycles. The Morgan fingerprint density at radius 2 is 1.35 bits per heavy atom. The van der Waals surface area contributed by atoms with E-state index in [2.05, 4.69) is 213 Å². The Bertz CT molecular complexity index is 2990. The van der Waals surface area contributed by atoms with Gasteiger partial charge in [-0.15, -0.1) is 0 Å². The van der Waals surface area contributed by atoms with Crippen LogP contribution in [-0.4, -0.2) is 46.0 Å². The van der Waals surface area contributed by atoms with Gasteiger partial charge in [0.25, 0.3) is 0 Å². The molecule has 0 radical (unpaired) electrons. The monoisotopic (exact) mass is 1030 g/mol. The van der Waals surface area contributed by atoms with E-state index in [9.17, 15) is 0 Å². The molecule has 0 bridgehead atoms.